The molecule has 0 heterocycles. The van der Waals surface area contributed by atoms with Crippen molar-refractivity contribution >= 4 is 60.8 Å². The van der Waals surface area contributed by atoms with Crippen molar-refractivity contribution < 1.29 is 22.7 Å². The largest absolute Gasteiger partial charge is 2.00 e. The maximum Gasteiger partial charge on any atom is 2.00 e. The van der Waals surface area contributed by atoms with Gasteiger partial charge in [-0.3, -0.25) is 9.59 Å². The number of carbonyl (C=O) groups is 2. The fourth-order valence-electron chi connectivity index (χ4n) is 1.83. The van der Waals surface area contributed by atoms with E-state index in [0.717, 1.165) is 12.8 Å². The maximum atomic E-state index is 10.6. The summed E-state index contributed by atoms with van der Waals surface area (Å²) in [4.78, 5) is 21.2. The molecule has 0 rings (SSSR count). The molecule has 0 unspecified atom stereocenters. The Hall–Kier alpha value is 0.511. The molecule has 0 aliphatic carbocycles. The number of hydrogen-bond donors (Lipinski definition) is 2. The molecule has 0 fully saturated rings. The average Bonchev–Trinajstić information content (AvgIpc) is 2.26. The summed E-state index contributed by atoms with van der Waals surface area (Å²) in [5.74, 6) is -3.67. The average molecular weight is 384 g/mol. The number of rotatable bonds is 11. The summed E-state index contributed by atoms with van der Waals surface area (Å²) in [6.45, 7) is 2.18. The van der Waals surface area contributed by atoms with Crippen LogP contribution in [0, 0.1) is 5.92 Å². The smallest absolute Gasteiger partial charge is 1.00 e. The Bertz CT molecular complexity index is 226. The van der Waals surface area contributed by atoms with E-state index in [0.29, 0.717) is 6.42 Å². The van der Waals surface area contributed by atoms with Crippen LogP contribution < -0.4 is 0 Å². The zero-order chi connectivity index (χ0) is 13.1. The molecule has 2 N–H and O–H groups in total. The van der Waals surface area contributed by atoms with Crippen molar-refractivity contribution in [2.24, 2.45) is 5.92 Å². The van der Waals surface area contributed by atoms with Crippen LogP contribution in [-0.4, -0.2) is 71.0 Å². The molecule has 18 heavy (non-hydrogen) atoms. The molecule has 0 saturated carbocycles. The van der Waals surface area contributed by atoms with E-state index in [1.165, 1.54) is 32.1 Å². The minimum absolute atomic E-state index is 0. The normalized spacial score (nSPS) is 10.1. The van der Waals surface area contributed by atoms with E-state index >= 15 is 0 Å². The Labute approximate surface area is 153 Å². The summed E-state index contributed by atoms with van der Waals surface area (Å²) in [5, 5.41) is 17.3. The molecule has 4 nitrogen and oxygen atoms in total. The first-order valence-electron chi connectivity index (χ1n) is 6.55. The minimum Gasteiger partial charge on any atom is -1.00 e. The van der Waals surface area contributed by atoms with Crippen LogP contribution in [0.25, 0.3) is 0 Å². The van der Waals surface area contributed by atoms with Gasteiger partial charge in [0.1, 0.15) is 0 Å². The molecule has 5 heteroatoms. The summed E-state index contributed by atoms with van der Waals surface area (Å²) in [7, 11) is 0. The number of aliphatic carboxylic acids is 2. The van der Waals surface area contributed by atoms with E-state index in [-0.39, 0.29) is 58.2 Å². The van der Waals surface area contributed by atoms with Gasteiger partial charge in [-0.2, -0.15) is 0 Å². The molecule has 0 amide bonds. The molecule has 0 saturated heterocycles. The Morgan fingerprint density at radius 3 is 1.67 bits per heavy atom. The van der Waals surface area contributed by atoms with Crippen LogP contribution in [-0.2, 0) is 9.59 Å². The van der Waals surface area contributed by atoms with Crippen molar-refractivity contribution in [2.45, 2.75) is 64.7 Å². The number of unbranched alkanes of at least 4 members (excludes halogenated alkanes) is 7. The zero-order valence-electron chi connectivity index (χ0n) is 13.4. The van der Waals surface area contributed by atoms with Gasteiger partial charge in [0.15, 0.2) is 5.92 Å². The van der Waals surface area contributed by atoms with Gasteiger partial charge >= 0.3 is 60.8 Å². The van der Waals surface area contributed by atoms with Crippen molar-refractivity contribution in [1.82, 2.24) is 0 Å². The third kappa shape index (κ3) is 11.6. The first-order chi connectivity index (χ1) is 8.09. The van der Waals surface area contributed by atoms with Crippen LogP contribution in [0.3, 0.4) is 0 Å². The predicted molar refractivity (Wildman–Crippen MR) is 74.0 cm³/mol. The van der Waals surface area contributed by atoms with E-state index < -0.39 is 17.9 Å². The Morgan fingerprint density at radius 2 is 1.28 bits per heavy atom. The molecular weight excluding hydrogens is 357 g/mol. The van der Waals surface area contributed by atoms with Gasteiger partial charge in [-0.1, -0.05) is 58.3 Å². The Morgan fingerprint density at radius 1 is 0.889 bits per heavy atom. The van der Waals surface area contributed by atoms with E-state index in [9.17, 15) is 9.59 Å². The van der Waals surface area contributed by atoms with E-state index in [1.54, 1.807) is 0 Å². The standard InChI is InChI=1S/C13H24O4.Ba.2H/c1-2-3-4-5-6-7-8-9-10-11(12(14)15)13(16)17;;;/h11H,2-10H2,1H3,(H,14,15)(H,16,17);;;/q;+2;2*-1. The molecule has 0 bridgehead atoms. The second-order valence-electron chi connectivity index (χ2n) is 4.49. The fourth-order valence-corrected chi connectivity index (χ4v) is 1.83. The van der Waals surface area contributed by atoms with Crippen molar-refractivity contribution in [2.75, 3.05) is 0 Å². The zero-order valence-corrected chi connectivity index (χ0v) is 15.8. The summed E-state index contributed by atoms with van der Waals surface area (Å²) >= 11 is 0. The van der Waals surface area contributed by atoms with Crippen molar-refractivity contribution in [3.05, 3.63) is 0 Å². The second-order valence-corrected chi connectivity index (χ2v) is 4.49. The Kier molecular flexibility index (Phi) is 16.1. The quantitative estimate of drug-likeness (QED) is 0.326. The van der Waals surface area contributed by atoms with E-state index in [2.05, 4.69) is 6.92 Å². The molecule has 0 spiro atoms. The number of hydrogen-bond acceptors (Lipinski definition) is 2. The first-order valence-corrected chi connectivity index (χ1v) is 6.55. The monoisotopic (exact) mass is 384 g/mol. The number of carboxylic acids is 2. The van der Waals surface area contributed by atoms with Gasteiger partial charge in [-0.05, 0) is 6.42 Å². The van der Waals surface area contributed by atoms with Gasteiger partial charge < -0.3 is 13.1 Å². The molecule has 0 aliphatic heterocycles. The third-order valence-corrected chi connectivity index (χ3v) is 2.94. The molecule has 0 aromatic carbocycles. The summed E-state index contributed by atoms with van der Waals surface area (Å²) < 4.78 is 0. The van der Waals surface area contributed by atoms with Crippen molar-refractivity contribution in [1.29, 1.82) is 0 Å². The van der Waals surface area contributed by atoms with Gasteiger partial charge in [-0.25, -0.2) is 0 Å². The molecule has 0 aromatic rings. The van der Waals surface area contributed by atoms with Crippen LogP contribution in [0.1, 0.15) is 67.6 Å². The van der Waals surface area contributed by atoms with Crippen molar-refractivity contribution in [3.8, 4) is 0 Å². The molecule has 104 valence electrons. The van der Waals surface area contributed by atoms with Crippen LogP contribution in [0.2, 0.25) is 0 Å². The van der Waals surface area contributed by atoms with Crippen molar-refractivity contribution in [3.63, 3.8) is 0 Å². The Balaban J connectivity index is -0.000000427. The van der Waals surface area contributed by atoms with Gasteiger partial charge in [0.05, 0.1) is 0 Å². The van der Waals surface area contributed by atoms with Crippen LogP contribution >= 0.6 is 0 Å². The predicted octanol–water partition coefficient (Wildman–Crippen LogP) is 3.15. The van der Waals surface area contributed by atoms with E-state index in [4.69, 9.17) is 10.2 Å². The molecule has 0 aromatic heterocycles. The molecule has 0 atom stereocenters. The topological polar surface area (TPSA) is 74.6 Å². The van der Waals surface area contributed by atoms with Crippen LogP contribution in [0.4, 0.5) is 0 Å². The maximum absolute atomic E-state index is 10.6. The van der Waals surface area contributed by atoms with Gasteiger partial charge in [-0.15, -0.1) is 0 Å². The molecule has 0 aliphatic rings. The van der Waals surface area contributed by atoms with E-state index in [1.807, 2.05) is 0 Å². The SMILES string of the molecule is CCCCCCCCCCC(C(=O)O)C(=O)O.[Ba+2].[H-].[H-]. The minimum atomic E-state index is -1.23. The van der Waals surface area contributed by atoms with Gasteiger partial charge in [0, 0.05) is 0 Å². The number of carboxylic acid groups (broad SMARTS) is 2. The summed E-state index contributed by atoms with van der Waals surface area (Å²) in [6, 6.07) is 0. The van der Waals surface area contributed by atoms with Gasteiger partial charge in [0.2, 0.25) is 0 Å². The second kappa shape index (κ2) is 13.9. The summed E-state index contributed by atoms with van der Waals surface area (Å²) in [5.41, 5.74) is 0. The van der Waals surface area contributed by atoms with Crippen LogP contribution in [0.15, 0.2) is 0 Å². The fraction of sp³-hybridized carbons (Fsp3) is 0.846. The summed E-state index contributed by atoms with van der Waals surface area (Å²) in [6.07, 6.45) is 9.14. The van der Waals surface area contributed by atoms with Gasteiger partial charge in [0.25, 0.3) is 0 Å². The third-order valence-electron chi connectivity index (χ3n) is 2.94. The molecular formula is C13H26BaO4. The van der Waals surface area contributed by atoms with Crippen LogP contribution in [0.5, 0.6) is 0 Å². The first kappa shape index (κ1) is 20.8. The molecule has 0 radical (unpaired) electrons.